The molecule has 1 unspecified atom stereocenters. The predicted molar refractivity (Wildman–Crippen MR) is 95.6 cm³/mol. The molecule has 0 spiro atoms. The van der Waals surface area contributed by atoms with Gasteiger partial charge in [0.05, 0.1) is 17.6 Å². The van der Waals surface area contributed by atoms with E-state index >= 15 is 0 Å². The molecule has 0 bridgehead atoms. The summed E-state index contributed by atoms with van der Waals surface area (Å²) in [5.74, 6) is 1.31. The van der Waals surface area contributed by atoms with Gasteiger partial charge in [-0.25, -0.2) is 9.97 Å². The molecule has 1 aliphatic heterocycles. The van der Waals surface area contributed by atoms with E-state index in [0.29, 0.717) is 18.0 Å². The first-order valence-electron chi connectivity index (χ1n) is 8.15. The molecule has 1 fully saturated rings. The van der Waals surface area contributed by atoms with Gasteiger partial charge in [0.15, 0.2) is 5.82 Å². The summed E-state index contributed by atoms with van der Waals surface area (Å²) in [6, 6.07) is 8.32. The number of nitro groups is 1. The highest BCUT2D eigenvalue weighted by Crippen LogP contribution is 2.26. The number of hydrogen-bond acceptors (Lipinski definition) is 6. The Balaban J connectivity index is 1.85. The van der Waals surface area contributed by atoms with Crippen LogP contribution in [0.15, 0.2) is 43.0 Å². The summed E-state index contributed by atoms with van der Waals surface area (Å²) in [5, 5.41) is 11.0. The van der Waals surface area contributed by atoms with Crippen molar-refractivity contribution < 1.29 is 9.66 Å². The maximum Gasteiger partial charge on any atom is 0.270 e. The molecule has 3 rings (SSSR count). The molecule has 1 saturated heterocycles. The minimum absolute atomic E-state index is 0.0308. The van der Waals surface area contributed by atoms with Gasteiger partial charge in [0.25, 0.3) is 5.69 Å². The van der Waals surface area contributed by atoms with Crippen LogP contribution in [0.3, 0.4) is 0 Å². The maximum atomic E-state index is 11.0. The molecule has 7 nitrogen and oxygen atoms in total. The van der Waals surface area contributed by atoms with E-state index in [0.717, 1.165) is 31.0 Å². The van der Waals surface area contributed by atoms with Crippen LogP contribution in [0.25, 0.3) is 11.4 Å². The van der Waals surface area contributed by atoms with Gasteiger partial charge < -0.3 is 9.64 Å². The van der Waals surface area contributed by atoms with Gasteiger partial charge in [-0.15, -0.1) is 6.58 Å². The molecule has 0 amide bonds. The van der Waals surface area contributed by atoms with Gasteiger partial charge in [0, 0.05) is 42.5 Å². The van der Waals surface area contributed by atoms with E-state index in [-0.39, 0.29) is 11.8 Å². The molecule has 0 aliphatic carbocycles. The SMILES string of the molecule is C=CCOC1CCN(c2cc(C)nc(-c3cccc([N+](=O)[O-])c3)n2)C1. The number of nitrogens with zero attached hydrogens (tertiary/aromatic N) is 4. The Morgan fingerprint density at radius 1 is 1.44 bits per heavy atom. The van der Waals surface area contributed by atoms with Gasteiger partial charge in [-0.1, -0.05) is 18.2 Å². The molecular formula is C18H20N4O3. The normalized spacial score (nSPS) is 16.8. The van der Waals surface area contributed by atoms with E-state index in [1.165, 1.54) is 12.1 Å². The highest BCUT2D eigenvalue weighted by Gasteiger charge is 2.24. The summed E-state index contributed by atoms with van der Waals surface area (Å²) < 4.78 is 5.71. The van der Waals surface area contributed by atoms with Crippen LogP contribution in [-0.2, 0) is 4.74 Å². The Hall–Kier alpha value is -2.80. The van der Waals surface area contributed by atoms with Gasteiger partial charge in [0.2, 0.25) is 0 Å². The number of ether oxygens (including phenoxy) is 1. The Labute approximate surface area is 146 Å². The lowest BCUT2D eigenvalue weighted by atomic mass is 10.2. The Kier molecular flexibility index (Phi) is 5.04. The first kappa shape index (κ1) is 17.0. The fraction of sp³-hybridized carbons (Fsp3) is 0.333. The smallest absolute Gasteiger partial charge is 0.270 e. The molecule has 1 aromatic heterocycles. The summed E-state index contributed by atoms with van der Waals surface area (Å²) in [5.41, 5.74) is 1.49. The topological polar surface area (TPSA) is 81.4 Å². The van der Waals surface area contributed by atoms with Crippen molar-refractivity contribution >= 4 is 11.5 Å². The number of non-ortho nitro benzene ring substituents is 1. The van der Waals surface area contributed by atoms with E-state index in [1.54, 1.807) is 18.2 Å². The lowest BCUT2D eigenvalue weighted by Gasteiger charge is -2.18. The van der Waals surface area contributed by atoms with Crippen LogP contribution >= 0.6 is 0 Å². The molecule has 0 saturated carbocycles. The molecule has 1 atom stereocenters. The third-order valence-electron chi connectivity index (χ3n) is 4.07. The van der Waals surface area contributed by atoms with Gasteiger partial charge in [0.1, 0.15) is 5.82 Å². The van der Waals surface area contributed by atoms with Crippen molar-refractivity contribution in [1.82, 2.24) is 9.97 Å². The second-order valence-electron chi connectivity index (χ2n) is 5.98. The van der Waals surface area contributed by atoms with Crippen LogP contribution < -0.4 is 4.90 Å². The van der Waals surface area contributed by atoms with E-state index in [9.17, 15) is 10.1 Å². The number of rotatable bonds is 6. The number of hydrogen-bond donors (Lipinski definition) is 0. The number of nitro benzene ring substituents is 1. The quantitative estimate of drug-likeness (QED) is 0.456. The zero-order chi connectivity index (χ0) is 17.8. The van der Waals surface area contributed by atoms with E-state index in [4.69, 9.17) is 4.74 Å². The minimum Gasteiger partial charge on any atom is -0.372 e. The molecule has 2 aromatic rings. The molecule has 130 valence electrons. The maximum absolute atomic E-state index is 11.0. The summed E-state index contributed by atoms with van der Waals surface area (Å²) in [6.45, 7) is 7.72. The zero-order valence-electron chi connectivity index (χ0n) is 14.1. The van der Waals surface area contributed by atoms with Crippen molar-refractivity contribution in [2.45, 2.75) is 19.4 Å². The second kappa shape index (κ2) is 7.40. The molecule has 0 N–H and O–H groups in total. The summed E-state index contributed by atoms with van der Waals surface area (Å²) in [7, 11) is 0. The lowest BCUT2D eigenvalue weighted by molar-refractivity contribution is -0.384. The molecule has 25 heavy (non-hydrogen) atoms. The van der Waals surface area contributed by atoms with Crippen LogP contribution in [0.4, 0.5) is 11.5 Å². The van der Waals surface area contributed by atoms with Gasteiger partial charge in [-0.2, -0.15) is 0 Å². The lowest BCUT2D eigenvalue weighted by Crippen LogP contribution is -2.24. The van der Waals surface area contributed by atoms with Gasteiger partial charge in [-0.3, -0.25) is 10.1 Å². The number of aromatic nitrogens is 2. The molecule has 1 aromatic carbocycles. The van der Waals surface area contributed by atoms with Crippen molar-refractivity contribution in [3.8, 4) is 11.4 Å². The number of anilines is 1. The Bertz CT molecular complexity index is 794. The number of aryl methyl sites for hydroxylation is 1. The van der Waals surface area contributed by atoms with Gasteiger partial charge in [-0.05, 0) is 13.3 Å². The van der Waals surface area contributed by atoms with Crippen LogP contribution in [0.5, 0.6) is 0 Å². The largest absolute Gasteiger partial charge is 0.372 e. The molecular weight excluding hydrogens is 320 g/mol. The van der Waals surface area contributed by atoms with Crippen LogP contribution in [0, 0.1) is 17.0 Å². The van der Waals surface area contributed by atoms with Crippen molar-refractivity contribution in [1.29, 1.82) is 0 Å². The zero-order valence-corrected chi connectivity index (χ0v) is 14.1. The Morgan fingerprint density at radius 3 is 3.04 bits per heavy atom. The fourth-order valence-electron chi connectivity index (χ4n) is 2.88. The molecule has 1 aliphatic rings. The van der Waals surface area contributed by atoms with Crippen molar-refractivity contribution in [3.63, 3.8) is 0 Å². The van der Waals surface area contributed by atoms with E-state index in [1.807, 2.05) is 13.0 Å². The highest BCUT2D eigenvalue weighted by atomic mass is 16.6. The third kappa shape index (κ3) is 4.00. The second-order valence-corrected chi connectivity index (χ2v) is 5.98. The van der Waals surface area contributed by atoms with Crippen LogP contribution in [0.2, 0.25) is 0 Å². The first-order valence-corrected chi connectivity index (χ1v) is 8.15. The van der Waals surface area contributed by atoms with Crippen molar-refractivity contribution in [2.75, 3.05) is 24.6 Å². The van der Waals surface area contributed by atoms with Crippen molar-refractivity contribution in [3.05, 3.63) is 58.8 Å². The molecule has 7 heteroatoms. The van der Waals surface area contributed by atoms with Crippen molar-refractivity contribution in [2.24, 2.45) is 0 Å². The average Bonchev–Trinajstić information content (AvgIpc) is 3.08. The van der Waals surface area contributed by atoms with E-state index in [2.05, 4.69) is 21.4 Å². The van der Waals surface area contributed by atoms with Gasteiger partial charge >= 0.3 is 0 Å². The predicted octanol–water partition coefficient (Wildman–Crippen LogP) is 3.14. The van der Waals surface area contributed by atoms with Crippen LogP contribution in [-0.4, -0.2) is 40.7 Å². The molecule has 0 radical (unpaired) electrons. The van der Waals surface area contributed by atoms with Crippen LogP contribution in [0.1, 0.15) is 12.1 Å². The average molecular weight is 340 g/mol. The Morgan fingerprint density at radius 2 is 2.28 bits per heavy atom. The minimum atomic E-state index is -0.414. The third-order valence-corrected chi connectivity index (χ3v) is 4.07. The number of benzene rings is 1. The summed E-state index contributed by atoms with van der Waals surface area (Å²) in [4.78, 5) is 21.8. The molecule has 2 heterocycles. The van der Waals surface area contributed by atoms with E-state index < -0.39 is 4.92 Å². The monoisotopic (exact) mass is 340 g/mol. The standard InChI is InChI=1S/C18H20N4O3/c1-3-9-25-16-7-8-21(12-16)17-10-13(2)19-18(20-17)14-5-4-6-15(11-14)22(23)24/h3-6,10-11,16H,1,7-9,12H2,2H3. The first-order chi connectivity index (χ1) is 12.1. The highest BCUT2D eigenvalue weighted by molar-refractivity contribution is 5.61. The summed E-state index contributed by atoms with van der Waals surface area (Å²) >= 11 is 0. The summed E-state index contributed by atoms with van der Waals surface area (Å²) in [6.07, 6.45) is 2.84. The fourth-order valence-corrected chi connectivity index (χ4v) is 2.88.